The fourth-order valence-corrected chi connectivity index (χ4v) is 2.79. The molecule has 1 aliphatic rings. The van der Waals surface area contributed by atoms with Gasteiger partial charge in [-0.1, -0.05) is 0 Å². The highest BCUT2D eigenvalue weighted by Gasteiger charge is 2.20. The monoisotopic (exact) mass is 348 g/mol. The molecule has 132 valence electrons. The lowest BCUT2D eigenvalue weighted by Gasteiger charge is -2.16. The fourth-order valence-electron chi connectivity index (χ4n) is 2.79. The van der Waals surface area contributed by atoms with Crippen molar-refractivity contribution in [1.82, 2.24) is 15.1 Å². The Morgan fingerprint density at radius 2 is 1.96 bits per heavy atom. The first-order valence-corrected chi connectivity index (χ1v) is 8.00. The van der Waals surface area contributed by atoms with E-state index in [0.717, 1.165) is 32.0 Å². The maximum atomic E-state index is 12.5. The number of nitrogens with zero attached hydrogens (tertiary/aromatic N) is 2. The van der Waals surface area contributed by atoms with Crippen molar-refractivity contribution in [2.45, 2.75) is 26.2 Å². The van der Waals surface area contributed by atoms with Crippen molar-refractivity contribution < 1.29 is 18.4 Å². The molecule has 0 aliphatic carbocycles. The zero-order valence-electron chi connectivity index (χ0n) is 13.7. The molecule has 1 aromatic heterocycles. The molecule has 3 rings (SSSR count). The quantitative estimate of drug-likeness (QED) is 0.891. The van der Waals surface area contributed by atoms with Gasteiger partial charge in [0.15, 0.2) is 5.69 Å². The summed E-state index contributed by atoms with van der Waals surface area (Å²) >= 11 is 0. The number of aryl methyl sites for hydroxylation is 1. The Labute approximate surface area is 143 Å². The summed E-state index contributed by atoms with van der Waals surface area (Å²) in [5.74, 6) is -0.614. The molecule has 0 radical (unpaired) electrons. The third kappa shape index (κ3) is 3.67. The molecule has 1 aliphatic heterocycles. The molecular formula is C17H18F2N4O2. The lowest BCUT2D eigenvalue weighted by molar-refractivity contribution is 0.0792. The number of hydrogen-bond acceptors (Lipinski definition) is 3. The van der Waals surface area contributed by atoms with Crippen molar-refractivity contribution in [3.8, 4) is 0 Å². The van der Waals surface area contributed by atoms with Crippen molar-refractivity contribution in [1.29, 1.82) is 0 Å². The maximum absolute atomic E-state index is 12.5. The predicted molar refractivity (Wildman–Crippen MR) is 87.8 cm³/mol. The molecular weight excluding hydrogens is 330 g/mol. The average Bonchev–Trinajstić information content (AvgIpc) is 3.27. The second-order valence-corrected chi connectivity index (χ2v) is 5.99. The van der Waals surface area contributed by atoms with E-state index in [1.54, 1.807) is 25.1 Å². The number of carbonyl (C=O) groups excluding carboxylic acids is 2. The molecule has 0 saturated carbocycles. The highest BCUT2D eigenvalue weighted by atomic mass is 19.3. The number of anilines is 1. The van der Waals surface area contributed by atoms with Gasteiger partial charge in [0.05, 0.1) is 0 Å². The molecule has 0 atom stereocenters. The van der Waals surface area contributed by atoms with E-state index in [-0.39, 0.29) is 11.6 Å². The number of halogens is 2. The van der Waals surface area contributed by atoms with Gasteiger partial charge in [-0.25, -0.2) is 8.78 Å². The summed E-state index contributed by atoms with van der Waals surface area (Å²) < 4.78 is 25.1. The molecule has 2 aromatic rings. The molecule has 2 N–H and O–H groups in total. The smallest absolute Gasteiger partial charge is 0.279 e. The van der Waals surface area contributed by atoms with E-state index in [1.807, 2.05) is 4.90 Å². The molecule has 2 amide bonds. The lowest BCUT2D eigenvalue weighted by atomic mass is 10.1. The van der Waals surface area contributed by atoms with Crippen LogP contribution in [-0.4, -0.2) is 40.0 Å². The number of nitrogens with one attached hydrogen (secondary N) is 2. The van der Waals surface area contributed by atoms with Crippen molar-refractivity contribution >= 4 is 17.5 Å². The summed E-state index contributed by atoms with van der Waals surface area (Å²) in [5, 5.41) is 8.34. The van der Waals surface area contributed by atoms with Crippen LogP contribution in [0, 0.1) is 6.92 Å². The standard InChI is InChI=1S/C17H18F2N4O2/c1-10-8-11(17(25)23-6-2-3-7-23)4-5-12(10)20-16(24)14-9-13(15(18)19)21-22-14/h4-5,8-9,15H,2-3,6-7H2,1H3,(H,20,24)(H,21,22). The van der Waals surface area contributed by atoms with Gasteiger partial charge in [-0.05, 0) is 49.6 Å². The van der Waals surface area contributed by atoms with E-state index in [2.05, 4.69) is 15.5 Å². The molecule has 8 heteroatoms. The van der Waals surface area contributed by atoms with Gasteiger partial charge in [0, 0.05) is 24.3 Å². The summed E-state index contributed by atoms with van der Waals surface area (Å²) in [5.41, 5.74) is 1.25. The van der Waals surface area contributed by atoms with E-state index in [4.69, 9.17) is 0 Å². The highest BCUT2D eigenvalue weighted by molar-refractivity contribution is 6.04. The number of carbonyl (C=O) groups is 2. The lowest BCUT2D eigenvalue weighted by Crippen LogP contribution is -2.27. The third-order valence-electron chi connectivity index (χ3n) is 4.18. The Morgan fingerprint density at radius 1 is 1.24 bits per heavy atom. The molecule has 0 bridgehead atoms. The zero-order chi connectivity index (χ0) is 18.0. The van der Waals surface area contributed by atoms with Gasteiger partial charge in [-0.3, -0.25) is 14.7 Å². The zero-order valence-corrected chi connectivity index (χ0v) is 13.7. The van der Waals surface area contributed by atoms with Gasteiger partial charge in [0.1, 0.15) is 5.69 Å². The molecule has 0 unspecified atom stereocenters. The van der Waals surface area contributed by atoms with Crippen LogP contribution in [-0.2, 0) is 0 Å². The van der Waals surface area contributed by atoms with Crippen LogP contribution < -0.4 is 5.32 Å². The van der Waals surface area contributed by atoms with Gasteiger partial charge in [-0.15, -0.1) is 0 Å². The second-order valence-electron chi connectivity index (χ2n) is 5.99. The predicted octanol–water partition coefficient (Wildman–Crippen LogP) is 3.14. The van der Waals surface area contributed by atoms with Crippen LogP contribution in [0.4, 0.5) is 14.5 Å². The fraction of sp³-hybridized carbons (Fsp3) is 0.353. The van der Waals surface area contributed by atoms with Crippen molar-refractivity contribution in [2.75, 3.05) is 18.4 Å². The Balaban J connectivity index is 1.72. The SMILES string of the molecule is Cc1cc(C(=O)N2CCCC2)ccc1NC(=O)c1cc(C(F)F)[nH]n1. The number of amides is 2. The number of H-pyrrole nitrogens is 1. The van der Waals surface area contributed by atoms with E-state index in [0.29, 0.717) is 16.8 Å². The third-order valence-corrected chi connectivity index (χ3v) is 4.18. The average molecular weight is 348 g/mol. The molecule has 1 fully saturated rings. The topological polar surface area (TPSA) is 78.1 Å². The number of aromatic amines is 1. The Morgan fingerprint density at radius 3 is 2.56 bits per heavy atom. The maximum Gasteiger partial charge on any atom is 0.279 e. The molecule has 1 saturated heterocycles. The highest BCUT2D eigenvalue weighted by Crippen LogP contribution is 2.21. The van der Waals surface area contributed by atoms with Crippen LogP contribution in [0.2, 0.25) is 0 Å². The van der Waals surface area contributed by atoms with Gasteiger partial charge >= 0.3 is 0 Å². The summed E-state index contributed by atoms with van der Waals surface area (Å²) in [4.78, 5) is 26.3. The van der Waals surface area contributed by atoms with E-state index in [9.17, 15) is 18.4 Å². The minimum absolute atomic E-state index is 0.0210. The van der Waals surface area contributed by atoms with Crippen molar-refractivity contribution in [3.63, 3.8) is 0 Å². The Hall–Kier alpha value is -2.77. The molecule has 6 nitrogen and oxygen atoms in total. The summed E-state index contributed by atoms with van der Waals surface area (Å²) in [6.45, 7) is 3.30. The molecule has 0 spiro atoms. The van der Waals surface area contributed by atoms with E-state index < -0.39 is 18.0 Å². The van der Waals surface area contributed by atoms with Crippen LogP contribution >= 0.6 is 0 Å². The van der Waals surface area contributed by atoms with Crippen LogP contribution in [0.15, 0.2) is 24.3 Å². The number of hydrogen-bond donors (Lipinski definition) is 2. The van der Waals surface area contributed by atoms with E-state index in [1.165, 1.54) is 0 Å². The number of aromatic nitrogens is 2. The Kier molecular flexibility index (Phi) is 4.78. The number of alkyl halides is 2. The summed E-state index contributed by atoms with van der Waals surface area (Å²) in [7, 11) is 0. The van der Waals surface area contributed by atoms with Crippen LogP contribution in [0.3, 0.4) is 0 Å². The number of likely N-dealkylation sites (tertiary alicyclic amines) is 1. The van der Waals surface area contributed by atoms with Crippen LogP contribution in [0.25, 0.3) is 0 Å². The first-order chi connectivity index (χ1) is 12.0. The molecule has 25 heavy (non-hydrogen) atoms. The second kappa shape index (κ2) is 7.00. The van der Waals surface area contributed by atoms with E-state index >= 15 is 0 Å². The van der Waals surface area contributed by atoms with Gasteiger partial charge < -0.3 is 10.2 Å². The molecule has 1 aromatic carbocycles. The van der Waals surface area contributed by atoms with Gasteiger partial charge in [-0.2, -0.15) is 5.10 Å². The minimum atomic E-state index is -2.72. The van der Waals surface area contributed by atoms with Crippen molar-refractivity contribution in [3.05, 3.63) is 46.8 Å². The first-order valence-electron chi connectivity index (χ1n) is 8.00. The van der Waals surface area contributed by atoms with Crippen LogP contribution in [0.5, 0.6) is 0 Å². The van der Waals surface area contributed by atoms with Gasteiger partial charge in [0.25, 0.3) is 18.2 Å². The van der Waals surface area contributed by atoms with Crippen LogP contribution in [0.1, 0.15) is 51.4 Å². The first kappa shape index (κ1) is 17.1. The number of rotatable bonds is 4. The summed E-state index contributed by atoms with van der Waals surface area (Å²) in [6.07, 6.45) is -0.682. The Bertz CT molecular complexity index is 798. The van der Waals surface area contributed by atoms with Gasteiger partial charge in [0.2, 0.25) is 0 Å². The van der Waals surface area contributed by atoms with Crippen molar-refractivity contribution in [2.24, 2.45) is 0 Å². The minimum Gasteiger partial charge on any atom is -0.339 e. The normalized spacial score (nSPS) is 14.2. The number of benzene rings is 1. The molecule has 2 heterocycles. The largest absolute Gasteiger partial charge is 0.339 e. The summed E-state index contributed by atoms with van der Waals surface area (Å²) in [6, 6.07) is 6.02.